The Kier molecular flexibility index (Phi) is 3.97. The summed E-state index contributed by atoms with van der Waals surface area (Å²) in [6, 6.07) is 11.5. The van der Waals surface area contributed by atoms with Gasteiger partial charge in [-0.15, -0.1) is 0 Å². The Balaban J connectivity index is 2.46. The molecule has 2 aromatic rings. The molecule has 5 nitrogen and oxygen atoms in total. The molecule has 7 heteroatoms. The van der Waals surface area contributed by atoms with Crippen molar-refractivity contribution in [1.82, 2.24) is 0 Å². The summed E-state index contributed by atoms with van der Waals surface area (Å²) in [4.78, 5) is -0.133. The number of anilines is 1. The first-order chi connectivity index (χ1) is 8.86. The summed E-state index contributed by atoms with van der Waals surface area (Å²) >= 11 is 2.14. The Morgan fingerprint density at radius 3 is 2.47 bits per heavy atom. The molecule has 0 saturated heterocycles. The molecule has 0 atom stereocenters. The summed E-state index contributed by atoms with van der Waals surface area (Å²) in [5, 5.41) is 5.15. The number of hydrogen-bond acceptors (Lipinski definition) is 4. The van der Waals surface area contributed by atoms with E-state index in [1.807, 2.05) is 12.1 Å². The highest BCUT2D eigenvalue weighted by molar-refractivity contribution is 14.1. The number of benzene rings is 2. The van der Waals surface area contributed by atoms with E-state index < -0.39 is 10.0 Å². The maximum Gasteiger partial charge on any atom is 0.241 e. The smallest absolute Gasteiger partial charge is 0.241 e. The monoisotopic (exact) mass is 390 g/mol. The van der Waals surface area contributed by atoms with Crippen LogP contribution in [0.15, 0.2) is 47.4 Å². The predicted octanol–water partition coefficient (Wildman–Crippen LogP) is 2.31. The van der Waals surface area contributed by atoms with E-state index in [0.29, 0.717) is 11.4 Å². The minimum absolute atomic E-state index is 0.133. The average Bonchev–Trinajstić information content (AvgIpc) is 2.30. The molecule has 0 aliphatic rings. The van der Waals surface area contributed by atoms with Crippen LogP contribution in [0.5, 0.6) is 11.5 Å². The van der Waals surface area contributed by atoms with Gasteiger partial charge in [-0.05, 0) is 59.0 Å². The molecule has 2 aromatic carbocycles. The number of halogens is 1. The van der Waals surface area contributed by atoms with E-state index in [-0.39, 0.29) is 10.6 Å². The van der Waals surface area contributed by atoms with Crippen LogP contribution in [0, 0.1) is 3.57 Å². The lowest BCUT2D eigenvalue weighted by atomic mass is 10.3. The Morgan fingerprint density at radius 2 is 1.84 bits per heavy atom. The Bertz CT molecular complexity index is 717. The van der Waals surface area contributed by atoms with Crippen LogP contribution in [-0.4, -0.2) is 8.42 Å². The molecular weight excluding hydrogens is 379 g/mol. The van der Waals surface area contributed by atoms with Gasteiger partial charge in [0, 0.05) is 9.26 Å². The van der Waals surface area contributed by atoms with Gasteiger partial charge < -0.3 is 10.5 Å². The van der Waals surface area contributed by atoms with E-state index in [1.54, 1.807) is 18.2 Å². The minimum Gasteiger partial charge on any atom is -0.456 e. The molecule has 2 rings (SSSR count). The molecule has 0 amide bonds. The molecule has 0 aromatic heterocycles. The zero-order chi connectivity index (χ0) is 14.0. The molecular formula is C12H11IN2O3S. The van der Waals surface area contributed by atoms with Crippen molar-refractivity contribution in [1.29, 1.82) is 0 Å². The first-order valence-corrected chi connectivity index (χ1v) is 7.84. The normalized spacial score (nSPS) is 11.3. The van der Waals surface area contributed by atoms with Gasteiger partial charge in [-0.25, -0.2) is 13.6 Å². The van der Waals surface area contributed by atoms with E-state index in [0.717, 1.165) is 3.57 Å². The highest BCUT2D eigenvalue weighted by Crippen LogP contribution is 2.30. The Labute approximate surface area is 124 Å². The van der Waals surface area contributed by atoms with Crippen LogP contribution in [0.25, 0.3) is 0 Å². The number of rotatable bonds is 3. The van der Waals surface area contributed by atoms with Gasteiger partial charge in [-0.1, -0.05) is 6.07 Å². The van der Waals surface area contributed by atoms with Gasteiger partial charge in [0.25, 0.3) is 0 Å². The lowest BCUT2D eigenvalue weighted by molar-refractivity contribution is 0.467. The van der Waals surface area contributed by atoms with Crippen molar-refractivity contribution in [3.8, 4) is 11.5 Å². The minimum atomic E-state index is -3.89. The van der Waals surface area contributed by atoms with Crippen LogP contribution in [0.2, 0.25) is 0 Å². The summed E-state index contributed by atoms with van der Waals surface area (Å²) < 4.78 is 29.5. The first kappa shape index (κ1) is 14.1. The Morgan fingerprint density at radius 1 is 1.11 bits per heavy atom. The zero-order valence-electron chi connectivity index (χ0n) is 9.71. The van der Waals surface area contributed by atoms with Gasteiger partial charge in [-0.3, -0.25) is 0 Å². The molecule has 0 saturated carbocycles. The predicted molar refractivity (Wildman–Crippen MR) is 81.5 cm³/mol. The van der Waals surface area contributed by atoms with E-state index in [2.05, 4.69) is 22.6 Å². The topological polar surface area (TPSA) is 95.4 Å². The van der Waals surface area contributed by atoms with Crippen LogP contribution >= 0.6 is 22.6 Å². The van der Waals surface area contributed by atoms with Crippen LogP contribution in [0.3, 0.4) is 0 Å². The summed E-state index contributed by atoms with van der Waals surface area (Å²) in [5.74, 6) is 0.681. The quantitative estimate of drug-likeness (QED) is 0.621. The highest BCUT2D eigenvalue weighted by Gasteiger charge is 2.16. The van der Waals surface area contributed by atoms with E-state index in [9.17, 15) is 8.42 Å². The van der Waals surface area contributed by atoms with Crippen molar-refractivity contribution in [2.75, 3.05) is 5.73 Å². The molecule has 0 fully saturated rings. The maximum atomic E-state index is 11.5. The van der Waals surface area contributed by atoms with Gasteiger partial charge in [0.15, 0.2) is 0 Å². The van der Waals surface area contributed by atoms with Gasteiger partial charge in [0.1, 0.15) is 16.4 Å². The molecule has 0 aliphatic carbocycles. The molecule has 4 N–H and O–H groups in total. The maximum absolute atomic E-state index is 11.5. The molecule has 19 heavy (non-hydrogen) atoms. The highest BCUT2D eigenvalue weighted by atomic mass is 127. The van der Waals surface area contributed by atoms with Crippen molar-refractivity contribution >= 4 is 38.3 Å². The van der Waals surface area contributed by atoms with Gasteiger partial charge in [-0.2, -0.15) is 0 Å². The Hall–Kier alpha value is -1.32. The number of hydrogen-bond donors (Lipinski definition) is 2. The molecule has 0 bridgehead atoms. The molecule has 0 radical (unpaired) electrons. The van der Waals surface area contributed by atoms with Crippen LogP contribution in [-0.2, 0) is 10.0 Å². The first-order valence-electron chi connectivity index (χ1n) is 5.22. The van der Waals surface area contributed by atoms with Gasteiger partial charge >= 0.3 is 0 Å². The summed E-state index contributed by atoms with van der Waals surface area (Å²) in [6.07, 6.45) is 0. The molecule has 0 unspecified atom stereocenters. The molecule has 100 valence electrons. The van der Waals surface area contributed by atoms with Gasteiger partial charge in [0.2, 0.25) is 10.0 Å². The fraction of sp³-hybridized carbons (Fsp3) is 0. The fourth-order valence-electron chi connectivity index (χ4n) is 1.49. The van der Waals surface area contributed by atoms with Crippen molar-refractivity contribution in [3.05, 3.63) is 46.0 Å². The number of nitrogen functional groups attached to an aromatic ring is 1. The third-order valence-corrected chi connectivity index (χ3v) is 3.90. The third-order valence-electron chi connectivity index (χ3n) is 2.30. The number of sulfonamides is 1. The van der Waals surface area contributed by atoms with E-state index in [4.69, 9.17) is 15.6 Å². The van der Waals surface area contributed by atoms with Crippen LogP contribution in [0.4, 0.5) is 5.69 Å². The lowest BCUT2D eigenvalue weighted by Crippen LogP contribution is -2.13. The van der Waals surface area contributed by atoms with Crippen LogP contribution in [0.1, 0.15) is 0 Å². The molecule has 0 heterocycles. The number of ether oxygens (including phenoxy) is 1. The summed E-state index contributed by atoms with van der Waals surface area (Å²) in [7, 11) is -3.89. The second-order valence-corrected chi connectivity index (χ2v) is 6.59. The van der Waals surface area contributed by atoms with E-state index in [1.165, 1.54) is 12.1 Å². The van der Waals surface area contributed by atoms with E-state index >= 15 is 0 Å². The SMILES string of the molecule is Nc1ccc(Oc2cccc(I)c2)c(S(N)(=O)=O)c1. The molecule has 0 spiro atoms. The fourth-order valence-corrected chi connectivity index (χ4v) is 2.69. The van der Waals surface area contributed by atoms with Crippen molar-refractivity contribution < 1.29 is 13.2 Å². The zero-order valence-corrected chi connectivity index (χ0v) is 12.7. The summed E-state index contributed by atoms with van der Waals surface area (Å²) in [5.41, 5.74) is 5.87. The number of primary sulfonamides is 1. The van der Waals surface area contributed by atoms with Gasteiger partial charge in [0.05, 0.1) is 0 Å². The van der Waals surface area contributed by atoms with Crippen molar-refractivity contribution in [3.63, 3.8) is 0 Å². The number of nitrogens with two attached hydrogens (primary N) is 2. The third kappa shape index (κ3) is 3.58. The van der Waals surface area contributed by atoms with Crippen molar-refractivity contribution in [2.45, 2.75) is 4.90 Å². The summed E-state index contributed by atoms with van der Waals surface area (Å²) in [6.45, 7) is 0. The average molecular weight is 390 g/mol. The van der Waals surface area contributed by atoms with Crippen LogP contribution < -0.4 is 15.6 Å². The second kappa shape index (κ2) is 5.35. The standard InChI is InChI=1S/C12H11IN2O3S/c13-8-2-1-3-10(6-8)18-11-5-4-9(14)7-12(11)19(15,16)17/h1-7H,14H2,(H2,15,16,17). The molecule has 0 aliphatic heterocycles. The lowest BCUT2D eigenvalue weighted by Gasteiger charge is -2.10. The van der Waals surface area contributed by atoms with Crippen molar-refractivity contribution in [2.24, 2.45) is 5.14 Å². The second-order valence-electron chi connectivity index (χ2n) is 3.81. The largest absolute Gasteiger partial charge is 0.456 e.